The van der Waals surface area contributed by atoms with Crippen molar-refractivity contribution in [2.75, 3.05) is 0 Å². The summed E-state index contributed by atoms with van der Waals surface area (Å²) in [6.07, 6.45) is 0. The minimum atomic E-state index is -0.347. The number of carbonyl (C=O) groups is 1. The molecule has 0 unspecified atom stereocenters. The second-order valence-electron chi connectivity index (χ2n) is 1.87. The number of carbonyl (C=O) groups excluding carboxylic acids is 1. The number of benzene rings is 1. The highest BCUT2D eigenvalue weighted by atomic mass is 32.1. The van der Waals surface area contributed by atoms with E-state index in [9.17, 15) is 4.79 Å². The first-order valence-corrected chi connectivity index (χ1v) is 3.42. The molecular weight excluding hydrogens is 174 g/mol. The number of aliphatic imine (C=N–C) groups is 1. The maximum absolute atomic E-state index is 10.9. The third-order valence-corrected chi connectivity index (χ3v) is 1.26. The van der Waals surface area contributed by atoms with Crippen molar-refractivity contribution in [1.82, 2.24) is 0 Å². The van der Waals surface area contributed by atoms with Gasteiger partial charge < -0.3 is 5.48 Å². The van der Waals surface area contributed by atoms with Gasteiger partial charge in [0, 0.05) is 5.56 Å². The van der Waals surface area contributed by atoms with E-state index < -0.39 is 0 Å². The van der Waals surface area contributed by atoms with E-state index in [4.69, 9.17) is 0 Å². The van der Waals surface area contributed by atoms with E-state index in [-0.39, 0.29) is 11.4 Å². The predicted molar refractivity (Wildman–Crippen MR) is 49.4 cm³/mol. The summed E-state index contributed by atoms with van der Waals surface area (Å²) >= 11 is 4.29. The van der Waals surface area contributed by atoms with Crippen LogP contribution in [0.2, 0.25) is 0 Å². The van der Waals surface area contributed by atoms with Crippen LogP contribution in [0.25, 0.3) is 0 Å². The van der Waals surface area contributed by atoms with Gasteiger partial charge in [0.15, 0.2) is 0 Å². The second kappa shape index (κ2) is 5.32. The molecule has 12 heavy (non-hydrogen) atoms. The van der Waals surface area contributed by atoms with Crippen LogP contribution < -0.4 is 0 Å². The average molecular weight is 181 g/mol. The standard InChI is InChI=1S/C8H5NOS.H2O/c10-8(9-6-11)7-4-2-1-3-5-7;/h1-5H;1H2. The summed E-state index contributed by atoms with van der Waals surface area (Å²) in [7, 11) is 0. The molecule has 1 aromatic rings. The molecule has 0 saturated carbocycles. The molecule has 62 valence electrons. The fourth-order valence-electron chi connectivity index (χ4n) is 0.687. The molecule has 0 atom stereocenters. The first-order valence-electron chi connectivity index (χ1n) is 3.02. The van der Waals surface area contributed by atoms with Crippen LogP contribution in [-0.2, 0) is 0 Å². The molecule has 0 aliphatic carbocycles. The summed E-state index contributed by atoms with van der Waals surface area (Å²) in [5, 5.41) is 2.02. The molecule has 2 N–H and O–H groups in total. The van der Waals surface area contributed by atoms with Crippen molar-refractivity contribution in [3.05, 3.63) is 35.9 Å². The number of hydrogen-bond donors (Lipinski definition) is 0. The van der Waals surface area contributed by atoms with Crippen molar-refractivity contribution < 1.29 is 10.3 Å². The van der Waals surface area contributed by atoms with Crippen LogP contribution in [0.3, 0.4) is 0 Å². The van der Waals surface area contributed by atoms with Crippen LogP contribution in [0, 0.1) is 0 Å². The minimum Gasteiger partial charge on any atom is -0.412 e. The monoisotopic (exact) mass is 181 g/mol. The van der Waals surface area contributed by atoms with Gasteiger partial charge in [0.1, 0.15) is 0 Å². The van der Waals surface area contributed by atoms with Crippen LogP contribution in [-0.4, -0.2) is 16.5 Å². The SMILES string of the molecule is O.O=C(N=C=S)c1ccccc1. The highest BCUT2D eigenvalue weighted by Crippen LogP contribution is 1.99. The zero-order valence-corrected chi connectivity index (χ0v) is 6.97. The molecule has 3 nitrogen and oxygen atoms in total. The topological polar surface area (TPSA) is 60.9 Å². The molecule has 0 radical (unpaired) electrons. The Morgan fingerprint density at radius 3 is 2.42 bits per heavy atom. The van der Waals surface area contributed by atoms with Gasteiger partial charge in [-0.05, 0) is 24.4 Å². The van der Waals surface area contributed by atoms with Gasteiger partial charge in [-0.1, -0.05) is 18.2 Å². The minimum absolute atomic E-state index is 0. The molecule has 1 amide bonds. The molecule has 0 spiro atoms. The summed E-state index contributed by atoms with van der Waals surface area (Å²) in [6, 6.07) is 8.73. The van der Waals surface area contributed by atoms with E-state index in [0.717, 1.165) is 0 Å². The molecule has 0 aromatic heterocycles. The largest absolute Gasteiger partial charge is 0.412 e. The lowest BCUT2D eigenvalue weighted by Gasteiger charge is -1.89. The summed E-state index contributed by atoms with van der Waals surface area (Å²) < 4.78 is 0. The van der Waals surface area contributed by atoms with E-state index in [1.54, 1.807) is 24.3 Å². The molecule has 4 heteroatoms. The van der Waals surface area contributed by atoms with Crippen molar-refractivity contribution >= 4 is 23.3 Å². The molecular formula is C8H7NO2S. The summed E-state index contributed by atoms with van der Waals surface area (Å²) in [5.41, 5.74) is 0.532. The lowest BCUT2D eigenvalue weighted by atomic mass is 10.2. The van der Waals surface area contributed by atoms with E-state index in [1.165, 1.54) is 0 Å². The molecule has 0 aliphatic rings. The molecule has 0 fully saturated rings. The Bertz CT molecular complexity index is 304. The number of amides is 1. The zero-order valence-electron chi connectivity index (χ0n) is 6.15. The van der Waals surface area contributed by atoms with Gasteiger partial charge in [-0.15, -0.1) is 0 Å². The Labute approximate surface area is 75.1 Å². The van der Waals surface area contributed by atoms with Crippen LogP contribution in [0.4, 0.5) is 0 Å². The van der Waals surface area contributed by atoms with E-state index in [2.05, 4.69) is 17.2 Å². The van der Waals surface area contributed by atoms with Crippen LogP contribution >= 0.6 is 12.2 Å². The first kappa shape index (κ1) is 10.7. The van der Waals surface area contributed by atoms with Gasteiger partial charge in [0.25, 0.3) is 5.91 Å². The van der Waals surface area contributed by atoms with Gasteiger partial charge in [0.05, 0.1) is 5.16 Å². The number of hydrogen-bond acceptors (Lipinski definition) is 2. The Morgan fingerprint density at radius 1 is 1.33 bits per heavy atom. The van der Waals surface area contributed by atoms with Gasteiger partial charge in [-0.2, -0.15) is 4.99 Å². The van der Waals surface area contributed by atoms with Gasteiger partial charge in [-0.25, -0.2) is 0 Å². The fraction of sp³-hybridized carbons (Fsp3) is 0. The maximum atomic E-state index is 10.9. The number of isothiocyanates is 1. The molecule has 0 saturated heterocycles. The smallest absolute Gasteiger partial charge is 0.285 e. The number of rotatable bonds is 1. The highest BCUT2D eigenvalue weighted by Gasteiger charge is 1.99. The first-order chi connectivity index (χ1) is 5.34. The number of nitrogens with zero attached hydrogens (tertiary/aromatic N) is 1. The normalized spacial score (nSPS) is 7.67. The van der Waals surface area contributed by atoms with Crippen molar-refractivity contribution in [3.63, 3.8) is 0 Å². The Kier molecular flexibility index (Phi) is 4.72. The van der Waals surface area contributed by atoms with Crippen molar-refractivity contribution in [2.45, 2.75) is 0 Å². The average Bonchev–Trinajstić information content (AvgIpc) is 2.07. The van der Waals surface area contributed by atoms with Crippen LogP contribution in [0.15, 0.2) is 35.3 Å². The zero-order chi connectivity index (χ0) is 8.10. The van der Waals surface area contributed by atoms with Crippen molar-refractivity contribution in [3.8, 4) is 0 Å². The van der Waals surface area contributed by atoms with Crippen molar-refractivity contribution in [2.24, 2.45) is 4.99 Å². The van der Waals surface area contributed by atoms with Gasteiger partial charge in [-0.3, -0.25) is 4.79 Å². The molecule has 1 rings (SSSR count). The van der Waals surface area contributed by atoms with Crippen LogP contribution in [0.1, 0.15) is 10.4 Å². The summed E-state index contributed by atoms with van der Waals surface area (Å²) in [5.74, 6) is -0.347. The third kappa shape index (κ3) is 2.72. The van der Waals surface area contributed by atoms with E-state index >= 15 is 0 Å². The quantitative estimate of drug-likeness (QED) is 0.481. The number of thiocarbonyl (C=S) groups is 1. The Balaban J connectivity index is 0.00000121. The predicted octanol–water partition coefficient (Wildman–Crippen LogP) is 1.10. The lowest BCUT2D eigenvalue weighted by Crippen LogP contribution is -1.91. The van der Waals surface area contributed by atoms with Crippen LogP contribution in [0.5, 0.6) is 0 Å². The maximum Gasteiger partial charge on any atom is 0.285 e. The van der Waals surface area contributed by atoms with Gasteiger partial charge >= 0.3 is 0 Å². The Morgan fingerprint density at radius 2 is 1.92 bits per heavy atom. The third-order valence-electron chi connectivity index (χ3n) is 1.17. The second-order valence-corrected chi connectivity index (χ2v) is 2.06. The molecule has 0 aliphatic heterocycles. The van der Waals surface area contributed by atoms with Crippen molar-refractivity contribution in [1.29, 1.82) is 0 Å². The van der Waals surface area contributed by atoms with Gasteiger partial charge in [0.2, 0.25) is 0 Å². The Hall–Kier alpha value is -1.35. The lowest BCUT2D eigenvalue weighted by molar-refractivity contribution is 0.100. The summed E-state index contributed by atoms with van der Waals surface area (Å²) in [4.78, 5) is 14.3. The summed E-state index contributed by atoms with van der Waals surface area (Å²) in [6.45, 7) is 0. The molecule has 0 heterocycles. The van der Waals surface area contributed by atoms with E-state index in [0.29, 0.717) is 5.56 Å². The fourth-order valence-corrected chi connectivity index (χ4v) is 0.770. The molecule has 0 bridgehead atoms. The highest BCUT2D eigenvalue weighted by molar-refractivity contribution is 7.78. The molecule has 1 aromatic carbocycles. The van der Waals surface area contributed by atoms with E-state index in [1.807, 2.05) is 11.2 Å².